The highest BCUT2D eigenvalue weighted by molar-refractivity contribution is 9.10. The molecule has 0 radical (unpaired) electrons. The summed E-state index contributed by atoms with van der Waals surface area (Å²) in [5, 5.41) is 2.71. The van der Waals surface area contributed by atoms with Gasteiger partial charge in [0, 0.05) is 0 Å². The van der Waals surface area contributed by atoms with Crippen molar-refractivity contribution in [2.45, 2.75) is 6.04 Å². The number of nitrogens with one attached hydrogen (secondary N) is 1. The average Bonchev–Trinajstić information content (AvgIpc) is 2.65. The predicted octanol–water partition coefficient (Wildman–Crippen LogP) is 2.66. The molecular weight excluding hydrogens is 297 g/mol. The van der Waals surface area contributed by atoms with Gasteiger partial charge in [-0.3, -0.25) is 0 Å². The van der Waals surface area contributed by atoms with Crippen LogP contribution in [0.3, 0.4) is 0 Å². The molecule has 1 fully saturated rings. The molecule has 1 atom stereocenters. The Morgan fingerprint density at radius 1 is 1.56 bits per heavy atom. The van der Waals surface area contributed by atoms with E-state index < -0.39 is 0 Å². The minimum absolute atomic E-state index is 0. The molecule has 0 aliphatic carbocycles. The molecule has 1 aliphatic heterocycles. The SMILES string of the molecule is COc1ccc([C@@H]2COC(=O)N2)cc1Br.Cl. The number of hydrogen-bond acceptors (Lipinski definition) is 3. The van der Waals surface area contributed by atoms with Gasteiger partial charge in [-0.1, -0.05) is 6.07 Å². The summed E-state index contributed by atoms with van der Waals surface area (Å²) in [4.78, 5) is 10.9. The van der Waals surface area contributed by atoms with E-state index in [2.05, 4.69) is 21.2 Å². The number of carbonyl (C=O) groups is 1. The summed E-state index contributed by atoms with van der Waals surface area (Å²) in [6.07, 6.45) is -0.369. The van der Waals surface area contributed by atoms with Gasteiger partial charge in [-0.15, -0.1) is 12.4 Å². The first-order valence-electron chi connectivity index (χ1n) is 4.47. The van der Waals surface area contributed by atoms with Crippen molar-refractivity contribution in [3.8, 4) is 5.75 Å². The summed E-state index contributed by atoms with van der Waals surface area (Å²) in [5.74, 6) is 0.768. The highest BCUT2D eigenvalue weighted by Gasteiger charge is 2.24. The van der Waals surface area contributed by atoms with Gasteiger partial charge in [-0.05, 0) is 33.6 Å². The van der Waals surface area contributed by atoms with Crippen molar-refractivity contribution in [2.75, 3.05) is 13.7 Å². The van der Waals surface area contributed by atoms with E-state index in [-0.39, 0.29) is 24.5 Å². The maximum atomic E-state index is 10.9. The quantitative estimate of drug-likeness (QED) is 0.914. The molecule has 0 aromatic heterocycles. The maximum absolute atomic E-state index is 10.9. The molecular formula is C10H11BrClNO3. The third-order valence-electron chi connectivity index (χ3n) is 2.25. The molecule has 1 aromatic carbocycles. The van der Waals surface area contributed by atoms with Crippen LogP contribution < -0.4 is 10.1 Å². The monoisotopic (exact) mass is 307 g/mol. The van der Waals surface area contributed by atoms with Crippen LogP contribution in [0.4, 0.5) is 4.79 Å². The van der Waals surface area contributed by atoms with Gasteiger partial charge < -0.3 is 14.8 Å². The smallest absolute Gasteiger partial charge is 0.407 e. The van der Waals surface area contributed by atoms with Crippen LogP contribution >= 0.6 is 28.3 Å². The number of hydrogen-bond donors (Lipinski definition) is 1. The number of ether oxygens (including phenoxy) is 2. The van der Waals surface area contributed by atoms with Crippen molar-refractivity contribution in [2.24, 2.45) is 0 Å². The summed E-state index contributed by atoms with van der Waals surface area (Å²) in [5.41, 5.74) is 0.994. The fourth-order valence-electron chi connectivity index (χ4n) is 1.46. The largest absolute Gasteiger partial charge is 0.496 e. The van der Waals surface area contributed by atoms with Gasteiger partial charge in [0.1, 0.15) is 12.4 Å². The van der Waals surface area contributed by atoms with Crippen LogP contribution in [0.15, 0.2) is 22.7 Å². The number of halogens is 2. The van der Waals surface area contributed by atoms with E-state index in [4.69, 9.17) is 9.47 Å². The Kier molecular flexibility index (Phi) is 4.44. The molecule has 0 spiro atoms. The lowest BCUT2D eigenvalue weighted by molar-refractivity contribution is 0.177. The van der Waals surface area contributed by atoms with Crippen LogP contribution in [0, 0.1) is 0 Å². The first-order chi connectivity index (χ1) is 7.20. The second kappa shape index (κ2) is 5.41. The van der Waals surface area contributed by atoms with E-state index in [1.54, 1.807) is 7.11 Å². The molecule has 1 N–H and O–H groups in total. The fourth-order valence-corrected chi connectivity index (χ4v) is 2.02. The molecule has 1 aliphatic rings. The summed E-state index contributed by atoms with van der Waals surface area (Å²) in [7, 11) is 1.61. The van der Waals surface area contributed by atoms with E-state index in [0.29, 0.717) is 6.61 Å². The van der Waals surface area contributed by atoms with Crippen molar-refractivity contribution in [3.05, 3.63) is 28.2 Å². The summed E-state index contributed by atoms with van der Waals surface area (Å²) in [6, 6.07) is 5.60. The molecule has 0 unspecified atom stereocenters. The number of rotatable bonds is 2. The molecule has 4 nitrogen and oxygen atoms in total. The third kappa shape index (κ3) is 2.59. The number of cyclic esters (lactones) is 1. The lowest BCUT2D eigenvalue weighted by atomic mass is 10.1. The zero-order valence-corrected chi connectivity index (χ0v) is 10.9. The van der Waals surface area contributed by atoms with Gasteiger partial charge in [-0.2, -0.15) is 0 Å². The summed E-state index contributed by atoms with van der Waals surface area (Å²) in [6.45, 7) is 0.373. The molecule has 1 saturated heterocycles. The van der Waals surface area contributed by atoms with Crippen molar-refractivity contribution >= 4 is 34.4 Å². The van der Waals surface area contributed by atoms with E-state index >= 15 is 0 Å². The van der Waals surface area contributed by atoms with Crippen molar-refractivity contribution < 1.29 is 14.3 Å². The molecule has 6 heteroatoms. The van der Waals surface area contributed by atoms with E-state index in [1.807, 2.05) is 18.2 Å². The Morgan fingerprint density at radius 3 is 2.81 bits per heavy atom. The standard InChI is InChI=1S/C10H10BrNO3.ClH/c1-14-9-3-2-6(4-7(9)11)8-5-15-10(13)12-8;/h2-4,8H,5H2,1H3,(H,12,13);1H/t8-;/m0./s1. The van der Waals surface area contributed by atoms with Crippen molar-refractivity contribution in [1.82, 2.24) is 5.32 Å². The zero-order valence-electron chi connectivity index (χ0n) is 8.53. The Hall–Kier alpha value is -0.940. The molecule has 1 aromatic rings. The number of amides is 1. The van der Waals surface area contributed by atoms with Crippen LogP contribution in [-0.2, 0) is 4.74 Å². The predicted molar refractivity (Wildman–Crippen MR) is 65.2 cm³/mol. The lowest BCUT2D eigenvalue weighted by Gasteiger charge is -2.10. The minimum Gasteiger partial charge on any atom is -0.496 e. The molecule has 0 bridgehead atoms. The molecule has 1 heterocycles. The van der Waals surface area contributed by atoms with E-state index in [1.165, 1.54) is 0 Å². The summed E-state index contributed by atoms with van der Waals surface area (Å²) < 4.78 is 10.8. The summed E-state index contributed by atoms with van der Waals surface area (Å²) >= 11 is 3.39. The van der Waals surface area contributed by atoms with Gasteiger partial charge in [0.15, 0.2) is 0 Å². The lowest BCUT2D eigenvalue weighted by Crippen LogP contribution is -2.18. The van der Waals surface area contributed by atoms with Crippen LogP contribution in [0.2, 0.25) is 0 Å². The Bertz CT molecular complexity index is 400. The molecule has 0 saturated carbocycles. The second-order valence-electron chi connectivity index (χ2n) is 3.19. The van der Waals surface area contributed by atoms with Crippen molar-refractivity contribution in [1.29, 1.82) is 0 Å². The number of alkyl carbamates (subject to hydrolysis) is 1. The van der Waals surface area contributed by atoms with Crippen LogP contribution in [-0.4, -0.2) is 19.8 Å². The number of carbonyl (C=O) groups excluding carboxylic acids is 1. The molecule has 88 valence electrons. The number of methoxy groups -OCH3 is 1. The van der Waals surface area contributed by atoms with E-state index in [0.717, 1.165) is 15.8 Å². The van der Waals surface area contributed by atoms with Gasteiger partial charge in [-0.25, -0.2) is 4.79 Å². The van der Waals surface area contributed by atoms with Gasteiger partial charge in [0.05, 0.1) is 17.6 Å². The van der Waals surface area contributed by atoms with Crippen LogP contribution in [0.1, 0.15) is 11.6 Å². The minimum atomic E-state index is -0.369. The first-order valence-corrected chi connectivity index (χ1v) is 5.26. The van der Waals surface area contributed by atoms with Crippen molar-refractivity contribution in [3.63, 3.8) is 0 Å². The Balaban J connectivity index is 0.00000128. The highest BCUT2D eigenvalue weighted by Crippen LogP contribution is 2.29. The normalized spacial score (nSPS) is 18.4. The Labute approximate surface area is 108 Å². The number of benzene rings is 1. The second-order valence-corrected chi connectivity index (χ2v) is 4.04. The topological polar surface area (TPSA) is 47.6 Å². The molecule has 16 heavy (non-hydrogen) atoms. The zero-order chi connectivity index (χ0) is 10.8. The first kappa shape index (κ1) is 13.1. The molecule has 1 amide bonds. The third-order valence-corrected chi connectivity index (χ3v) is 2.87. The highest BCUT2D eigenvalue weighted by atomic mass is 79.9. The Morgan fingerprint density at radius 2 is 2.31 bits per heavy atom. The molecule has 2 rings (SSSR count). The van der Waals surface area contributed by atoms with Crippen LogP contribution in [0.5, 0.6) is 5.75 Å². The van der Waals surface area contributed by atoms with Gasteiger partial charge in [0.2, 0.25) is 0 Å². The van der Waals surface area contributed by atoms with Gasteiger partial charge >= 0.3 is 6.09 Å². The average molecular weight is 309 g/mol. The maximum Gasteiger partial charge on any atom is 0.407 e. The van der Waals surface area contributed by atoms with E-state index in [9.17, 15) is 4.79 Å². The van der Waals surface area contributed by atoms with Crippen LogP contribution in [0.25, 0.3) is 0 Å². The van der Waals surface area contributed by atoms with Gasteiger partial charge in [0.25, 0.3) is 0 Å². The fraction of sp³-hybridized carbons (Fsp3) is 0.300.